The fourth-order valence-corrected chi connectivity index (χ4v) is 4.40. The average molecular weight is 417 g/mol. The average Bonchev–Trinajstić information content (AvgIpc) is 3.46. The monoisotopic (exact) mass is 417 g/mol. The summed E-state index contributed by atoms with van der Waals surface area (Å²) in [5, 5.41) is 9.26. The van der Waals surface area contributed by atoms with E-state index in [1.807, 2.05) is 25.3 Å². The Hall–Kier alpha value is -3.68. The zero-order valence-electron chi connectivity index (χ0n) is 17.7. The van der Waals surface area contributed by atoms with Crippen LogP contribution in [0.4, 0.5) is 0 Å². The highest BCUT2D eigenvalue weighted by molar-refractivity contribution is 6.14. The number of hydrogen-bond donors (Lipinski definition) is 0. The van der Waals surface area contributed by atoms with Gasteiger partial charge in [0.25, 0.3) is 0 Å². The van der Waals surface area contributed by atoms with Gasteiger partial charge in [0, 0.05) is 60.1 Å². The summed E-state index contributed by atoms with van der Waals surface area (Å²) in [4.78, 5) is 22.2. The van der Waals surface area contributed by atoms with Crippen LogP contribution in [0.15, 0.2) is 52.4 Å². The van der Waals surface area contributed by atoms with Crippen LogP contribution in [0.25, 0.3) is 10.9 Å². The van der Waals surface area contributed by atoms with Gasteiger partial charge in [0.1, 0.15) is 5.82 Å². The van der Waals surface area contributed by atoms with Crippen LogP contribution < -0.4 is 0 Å². The van der Waals surface area contributed by atoms with Crippen molar-refractivity contribution in [3.63, 3.8) is 0 Å². The van der Waals surface area contributed by atoms with E-state index in [0.717, 1.165) is 40.8 Å². The summed E-state index contributed by atoms with van der Waals surface area (Å²) in [7, 11) is 2.07. The van der Waals surface area contributed by atoms with E-state index < -0.39 is 5.97 Å². The van der Waals surface area contributed by atoms with Crippen LogP contribution in [0.2, 0.25) is 0 Å². The van der Waals surface area contributed by atoms with Crippen molar-refractivity contribution in [3.8, 4) is 0 Å². The van der Waals surface area contributed by atoms with E-state index in [-0.39, 0.29) is 11.7 Å². The number of carbonyl (C=O) groups is 1. The van der Waals surface area contributed by atoms with E-state index in [1.165, 1.54) is 5.69 Å². The standard InChI is InChI=1S/C23H23N5O3/c1-14-12-20(30-25-14)23(29)31-26-22-16(13-28-11-10-24-15(28)2)8-9-19-21(22)17-6-4-5-7-18(17)27(19)3/h4-7,10-12,16H,8-9,13H2,1-3H3. The molecule has 0 radical (unpaired) electrons. The number of benzene rings is 1. The van der Waals surface area contributed by atoms with Gasteiger partial charge in [-0.05, 0) is 32.8 Å². The molecule has 0 saturated carbocycles. The lowest BCUT2D eigenvalue weighted by atomic mass is 9.84. The maximum Gasteiger partial charge on any atom is 0.403 e. The number of aromatic nitrogens is 4. The number of carbonyl (C=O) groups excluding carboxylic acids is 1. The number of imidazole rings is 1. The molecule has 1 aliphatic carbocycles. The maximum atomic E-state index is 12.5. The Morgan fingerprint density at radius 3 is 2.90 bits per heavy atom. The van der Waals surface area contributed by atoms with Crippen LogP contribution in [0, 0.1) is 19.8 Å². The van der Waals surface area contributed by atoms with E-state index in [9.17, 15) is 4.79 Å². The van der Waals surface area contributed by atoms with Crippen molar-refractivity contribution in [3.05, 3.63) is 71.3 Å². The molecule has 0 N–H and O–H groups in total. The Labute approximate surface area is 179 Å². The third kappa shape index (κ3) is 3.34. The van der Waals surface area contributed by atoms with Gasteiger partial charge in [0.2, 0.25) is 5.76 Å². The predicted molar refractivity (Wildman–Crippen MR) is 115 cm³/mol. The summed E-state index contributed by atoms with van der Waals surface area (Å²) in [6.07, 6.45) is 5.58. The first-order valence-electron chi connectivity index (χ1n) is 10.3. The van der Waals surface area contributed by atoms with Gasteiger partial charge in [0.15, 0.2) is 0 Å². The quantitative estimate of drug-likeness (QED) is 0.372. The SMILES string of the molecule is Cc1cc(C(=O)ON=C2c3c(n(C)c4ccccc34)CCC2Cn2ccnc2C)on1. The molecule has 8 heteroatoms. The minimum Gasteiger partial charge on any atom is -0.349 e. The highest BCUT2D eigenvalue weighted by Crippen LogP contribution is 2.35. The molecule has 31 heavy (non-hydrogen) atoms. The Balaban J connectivity index is 1.58. The smallest absolute Gasteiger partial charge is 0.349 e. The Kier molecular flexibility index (Phi) is 4.69. The summed E-state index contributed by atoms with van der Waals surface area (Å²) >= 11 is 0. The lowest BCUT2D eigenvalue weighted by Gasteiger charge is -2.25. The van der Waals surface area contributed by atoms with Crippen LogP contribution in [0.3, 0.4) is 0 Å². The molecule has 1 aliphatic rings. The van der Waals surface area contributed by atoms with Crippen LogP contribution in [0.1, 0.15) is 39.8 Å². The van der Waals surface area contributed by atoms with Gasteiger partial charge >= 0.3 is 5.97 Å². The van der Waals surface area contributed by atoms with Gasteiger partial charge in [-0.25, -0.2) is 9.78 Å². The molecule has 1 aromatic carbocycles. The number of aryl methyl sites for hydroxylation is 3. The summed E-state index contributed by atoms with van der Waals surface area (Å²) in [5.41, 5.74) is 4.77. The molecule has 1 unspecified atom stereocenters. The minimum atomic E-state index is -0.655. The van der Waals surface area contributed by atoms with Gasteiger partial charge in [-0.3, -0.25) is 0 Å². The molecule has 0 amide bonds. The topological polar surface area (TPSA) is 87.4 Å². The third-order valence-electron chi connectivity index (χ3n) is 6.00. The summed E-state index contributed by atoms with van der Waals surface area (Å²) in [6.45, 7) is 4.45. The van der Waals surface area contributed by atoms with E-state index in [1.54, 1.807) is 19.2 Å². The number of hydrogen-bond acceptors (Lipinski definition) is 6. The maximum absolute atomic E-state index is 12.5. The fourth-order valence-electron chi connectivity index (χ4n) is 4.40. The van der Waals surface area contributed by atoms with Crippen molar-refractivity contribution in [1.82, 2.24) is 19.3 Å². The minimum absolute atomic E-state index is 0.0396. The highest BCUT2D eigenvalue weighted by Gasteiger charge is 2.32. The molecule has 4 aromatic rings. The van der Waals surface area contributed by atoms with Crippen LogP contribution in [-0.2, 0) is 24.9 Å². The van der Waals surface area contributed by atoms with E-state index in [4.69, 9.17) is 9.36 Å². The zero-order valence-corrected chi connectivity index (χ0v) is 17.7. The van der Waals surface area contributed by atoms with Crippen molar-refractivity contribution in [2.75, 3.05) is 0 Å². The lowest BCUT2D eigenvalue weighted by Crippen LogP contribution is -2.28. The second-order valence-electron chi connectivity index (χ2n) is 7.95. The predicted octanol–water partition coefficient (Wildman–Crippen LogP) is 3.80. The Morgan fingerprint density at radius 1 is 1.32 bits per heavy atom. The number of nitrogens with zero attached hydrogens (tertiary/aromatic N) is 5. The largest absolute Gasteiger partial charge is 0.403 e. The van der Waals surface area contributed by atoms with Crippen molar-refractivity contribution in [2.45, 2.75) is 33.2 Å². The summed E-state index contributed by atoms with van der Waals surface area (Å²) in [6, 6.07) is 9.79. The van der Waals surface area contributed by atoms with Gasteiger partial charge < -0.3 is 18.5 Å². The van der Waals surface area contributed by atoms with E-state index in [2.05, 4.69) is 43.6 Å². The molecule has 1 atom stereocenters. The first-order chi connectivity index (χ1) is 15.0. The number of rotatable bonds is 4. The van der Waals surface area contributed by atoms with Crippen molar-refractivity contribution in [2.24, 2.45) is 18.1 Å². The molecular formula is C23H23N5O3. The van der Waals surface area contributed by atoms with Gasteiger partial charge in [0.05, 0.1) is 11.4 Å². The van der Waals surface area contributed by atoms with Crippen LogP contribution in [-0.4, -0.2) is 31.0 Å². The second-order valence-corrected chi connectivity index (χ2v) is 7.95. The zero-order chi connectivity index (χ0) is 21.5. The molecule has 158 valence electrons. The second kappa shape index (κ2) is 7.54. The van der Waals surface area contributed by atoms with Gasteiger partial charge in [-0.1, -0.05) is 28.5 Å². The molecule has 8 nitrogen and oxygen atoms in total. The molecule has 5 rings (SSSR count). The molecule has 0 bridgehead atoms. The molecule has 0 fully saturated rings. The van der Waals surface area contributed by atoms with Crippen LogP contribution >= 0.6 is 0 Å². The van der Waals surface area contributed by atoms with Gasteiger partial charge in [-0.15, -0.1) is 0 Å². The molecule has 0 aliphatic heterocycles. The van der Waals surface area contributed by atoms with E-state index >= 15 is 0 Å². The number of para-hydroxylation sites is 1. The molecule has 3 aromatic heterocycles. The molecule has 0 spiro atoms. The summed E-state index contributed by atoms with van der Waals surface area (Å²) < 4.78 is 9.35. The Bertz CT molecular complexity index is 1310. The fraction of sp³-hybridized carbons (Fsp3) is 0.304. The van der Waals surface area contributed by atoms with Crippen molar-refractivity contribution < 1.29 is 14.2 Å². The first kappa shape index (κ1) is 19.3. The lowest BCUT2D eigenvalue weighted by molar-refractivity contribution is 0.0466. The normalized spacial score (nSPS) is 17.3. The molecular weight excluding hydrogens is 394 g/mol. The number of fused-ring (bicyclic) bond motifs is 3. The molecule has 0 saturated heterocycles. The third-order valence-corrected chi connectivity index (χ3v) is 6.00. The number of oxime groups is 1. The van der Waals surface area contributed by atoms with Crippen LogP contribution in [0.5, 0.6) is 0 Å². The van der Waals surface area contributed by atoms with Gasteiger partial charge in [-0.2, -0.15) is 0 Å². The van der Waals surface area contributed by atoms with Crippen molar-refractivity contribution >= 4 is 22.6 Å². The Morgan fingerprint density at radius 2 is 2.16 bits per heavy atom. The first-order valence-corrected chi connectivity index (χ1v) is 10.3. The van der Waals surface area contributed by atoms with E-state index in [0.29, 0.717) is 12.2 Å². The summed E-state index contributed by atoms with van der Waals surface area (Å²) in [5.74, 6) is 0.406. The van der Waals surface area contributed by atoms with Crippen molar-refractivity contribution in [1.29, 1.82) is 0 Å². The highest BCUT2D eigenvalue weighted by atomic mass is 16.7. The molecule has 3 heterocycles.